The zero-order valence-electron chi connectivity index (χ0n) is 16.2. The Hall–Kier alpha value is -2.27. The van der Waals surface area contributed by atoms with E-state index in [9.17, 15) is 21.2 Å². The van der Waals surface area contributed by atoms with Gasteiger partial charge >= 0.3 is 0 Å². The topological polar surface area (TPSA) is 89.5 Å². The van der Waals surface area contributed by atoms with E-state index in [4.69, 9.17) is 4.74 Å². The second kappa shape index (κ2) is 8.84. The van der Waals surface area contributed by atoms with Crippen molar-refractivity contribution < 1.29 is 26.0 Å². The van der Waals surface area contributed by atoms with E-state index in [-0.39, 0.29) is 15.5 Å². The number of hydrogen-bond donors (Lipinski definition) is 1. The molecule has 1 aromatic heterocycles. The molecule has 1 atom stereocenters. The molecule has 1 heterocycles. The average molecular weight is 470 g/mol. The van der Waals surface area contributed by atoms with Gasteiger partial charge in [-0.1, -0.05) is 23.8 Å². The lowest BCUT2D eigenvalue weighted by atomic mass is 10.2. The van der Waals surface area contributed by atoms with Crippen molar-refractivity contribution >= 4 is 31.2 Å². The van der Waals surface area contributed by atoms with Crippen LogP contribution in [0.2, 0.25) is 0 Å². The molecule has 0 aliphatic rings. The van der Waals surface area contributed by atoms with Gasteiger partial charge < -0.3 is 4.74 Å². The zero-order chi connectivity index (χ0) is 21.9. The van der Waals surface area contributed by atoms with Gasteiger partial charge in [0.05, 0.1) is 16.9 Å². The molecule has 0 aliphatic carbocycles. The SMILES string of the molecule is COc1ccc(S(=O)(=O)NC[C@H](c2cccs2)S(=O)(=O)c2ccc(C)cc2)cc1F. The fourth-order valence-electron chi connectivity index (χ4n) is 2.81. The summed E-state index contributed by atoms with van der Waals surface area (Å²) in [5, 5.41) is 0.596. The van der Waals surface area contributed by atoms with Crippen LogP contribution in [0.25, 0.3) is 0 Å². The summed E-state index contributed by atoms with van der Waals surface area (Å²) in [7, 11) is -6.75. The molecule has 0 radical (unpaired) electrons. The number of methoxy groups -OCH3 is 1. The molecule has 0 aliphatic heterocycles. The van der Waals surface area contributed by atoms with Crippen LogP contribution >= 0.6 is 11.3 Å². The van der Waals surface area contributed by atoms with Crippen LogP contribution in [0.15, 0.2) is 69.8 Å². The number of halogens is 1. The number of hydrogen-bond acceptors (Lipinski definition) is 6. The number of nitrogens with one attached hydrogen (secondary N) is 1. The lowest BCUT2D eigenvalue weighted by Gasteiger charge is -2.18. The highest BCUT2D eigenvalue weighted by molar-refractivity contribution is 7.92. The summed E-state index contributed by atoms with van der Waals surface area (Å²) in [6.07, 6.45) is 0. The van der Waals surface area contributed by atoms with Gasteiger partial charge in [0, 0.05) is 11.4 Å². The molecule has 160 valence electrons. The summed E-state index contributed by atoms with van der Waals surface area (Å²) in [5.74, 6) is -0.921. The minimum Gasteiger partial charge on any atom is -0.494 e. The fraction of sp³-hybridized carbons (Fsp3) is 0.200. The van der Waals surface area contributed by atoms with E-state index in [2.05, 4.69) is 4.72 Å². The monoisotopic (exact) mass is 469 g/mol. The van der Waals surface area contributed by atoms with E-state index < -0.39 is 37.5 Å². The molecule has 6 nitrogen and oxygen atoms in total. The van der Waals surface area contributed by atoms with Crippen molar-refractivity contribution in [3.05, 3.63) is 76.2 Å². The number of rotatable bonds is 8. The average Bonchev–Trinajstić information content (AvgIpc) is 3.22. The van der Waals surface area contributed by atoms with Gasteiger partial charge in [0.25, 0.3) is 0 Å². The molecule has 0 bridgehead atoms. The van der Waals surface area contributed by atoms with Crippen molar-refractivity contribution in [2.75, 3.05) is 13.7 Å². The molecule has 0 saturated carbocycles. The lowest BCUT2D eigenvalue weighted by Crippen LogP contribution is -2.31. The first-order valence-corrected chi connectivity index (χ1v) is 12.7. The van der Waals surface area contributed by atoms with Gasteiger partial charge in [-0.15, -0.1) is 11.3 Å². The zero-order valence-corrected chi connectivity index (χ0v) is 18.7. The van der Waals surface area contributed by atoms with E-state index in [1.807, 2.05) is 6.92 Å². The van der Waals surface area contributed by atoms with Gasteiger partial charge in [-0.2, -0.15) is 0 Å². The highest BCUT2D eigenvalue weighted by Gasteiger charge is 2.31. The Kier molecular flexibility index (Phi) is 6.61. The van der Waals surface area contributed by atoms with Crippen molar-refractivity contribution in [1.82, 2.24) is 4.72 Å². The standard InChI is InChI=1S/C20H20FNO5S3/c1-14-5-7-15(8-6-14)29(23,24)20(19-4-3-11-28-19)13-22-30(25,26)16-9-10-18(27-2)17(21)12-16/h3-12,20,22H,13H2,1-2H3/t20-/m1/s1. The van der Waals surface area contributed by atoms with Crippen LogP contribution in [-0.4, -0.2) is 30.5 Å². The highest BCUT2D eigenvalue weighted by atomic mass is 32.2. The molecule has 1 N–H and O–H groups in total. The quantitative estimate of drug-likeness (QED) is 0.543. The summed E-state index contributed by atoms with van der Waals surface area (Å²) >= 11 is 1.22. The van der Waals surface area contributed by atoms with Crippen LogP contribution in [0, 0.1) is 12.7 Å². The van der Waals surface area contributed by atoms with Crippen LogP contribution in [0.5, 0.6) is 5.75 Å². The van der Waals surface area contributed by atoms with Crippen LogP contribution in [0.1, 0.15) is 15.7 Å². The summed E-state index contributed by atoms with van der Waals surface area (Å²) in [4.78, 5) is 0.277. The van der Waals surface area contributed by atoms with E-state index in [0.29, 0.717) is 4.88 Å². The van der Waals surface area contributed by atoms with Crippen LogP contribution < -0.4 is 9.46 Å². The molecule has 3 rings (SSSR count). The van der Waals surface area contributed by atoms with Gasteiger partial charge in [-0.25, -0.2) is 25.9 Å². The first kappa shape index (κ1) is 22.4. The van der Waals surface area contributed by atoms with Gasteiger partial charge in [-0.05, 0) is 48.7 Å². The van der Waals surface area contributed by atoms with E-state index in [0.717, 1.165) is 11.6 Å². The van der Waals surface area contributed by atoms with Crippen molar-refractivity contribution in [2.45, 2.75) is 22.0 Å². The number of thiophene rings is 1. The Morgan fingerprint density at radius 2 is 1.70 bits per heavy atom. The molecular formula is C20H20FNO5S3. The van der Waals surface area contributed by atoms with Crippen LogP contribution in [0.3, 0.4) is 0 Å². The van der Waals surface area contributed by atoms with Crippen LogP contribution in [0.4, 0.5) is 4.39 Å². The van der Waals surface area contributed by atoms with E-state index in [1.54, 1.807) is 29.6 Å². The van der Waals surface area contributed by atoms with Crippen molar-refractivity contribution in [1.29, 1.82) is 0 Å². The molecule has 30 heavy (non-hydrogen) atoms. The number of benzene rings is 2. The third-order valence-electron chi connectivity index (χ3n) is 4.48. The normalized spacial score (nSPS) is 13.2. The Morgan fingerprint density at radius 1 is 1.03 bits per heavy atom. The molecule has 0 amide bonds. The van der Waals surface area contributed by atoms with E-state index >= 15 is 0 Å². The summed E-state index contributed by atoms with van der Waals surface area (Å²) in [5.41, 5.74) is 0.906. The smallest absolute Gasteiger partial charge is 0.240 e. The molecule has 3 aromatic rings. The maximum atomic E-state index is 13.9. The molecule has 0 saturated heterocycles. The minimum atomic E-state index is -4.15. The Bertz CT molecular complexity index is 1220. The third-order valence-corrected chi connectivity index (χ3v) is 9.13. The summed E-state index contributed by atoms with van der Waals surface area (Å²) in [6.45, 7) is 1.45. The number of aryl methyl sites for hydroxylation is 1. The lowest BCUT2D eigenvalue weighted by molar-refractivity contribution is 0.385. The largest absolute Gasteiger partial charge is 0.494 e. The summed E-state index contributed by atoms with van der Waals surface area (Å²) < 4.78 is 72.8. The second-order valence-electron chi connectivity index (χ2n) is 6.51. The maximum absolute atomic E-state index is 13.9. The molecule has 2 aromatic carbocycles. The second-order valence-corrected chi connectivity index (χ2v) is 11.4. The Morgan fingerprint density at radius 3 is 2.27 bits per heavy atom. The van der Waals surface area contributed by atoms with E-state index in [1.165, 1.54) is 42.7 Å². The maximum Gasteiger partial charge on any atom is 0.240 e. The third kappa shape index (κ3) is 4.72. The molecule has 0 fully saturated rings. The van der Waals surface area contributed by atoms with Gasteiger partial charge in [-0.3, -0.25) is 0 Å². The first-order chi connectivity index (χ1) is 14.1. The van der Waals surface area contributed by atoms with Gasteiger partial charge in [0.15, 0.2) is 21.4 Å². The highest BCUT2D eigenvalue weighted by Crippen LogP contribution is 2.32. The molecule has 0 spiro atoms. The minimum absolute atomic E-state index is 0.0904. The predicted octanol–water partition coefficient (Wildman–Crippen LogP) is 3.70. The summed E-state index contributed by atoms with van der Waals surface area (Å²) in [6, 6.07) is 12.9. The van der Waals surface area contributed by atoms with Crippen molar-refractivity contribution in [3.63, 3.8) is 0 Å². The Labute approximate surface area is 179 Å². The predicted molar refractivity (Wildman–Crippen MR) is 114 cm³/mol. The van der Waals surface area contributed by atoms with Crippen molar-refractivity contribution in [2.24, 2.45) is 0 Å². The van der Waals surface area contributed by atoms with Crippen molar-refractivity contribution in [3.8, 4) is 5.75 Å². The Balaban J connectivity index is 1.91. The van der Waals surface area contributed by atoms with Gasteiger partial charge in [0.1, 0.15) is 5.25 Å². The molecule has 10 heteroatoms. The first-order valence-electron chi connectivity index (χ1n) is 8.82. The number of sulfonamides is 1. The van der Waals surface area contributed by atoms with Crippen LogP contribution in [-0.2, 0) is 19.9 Å². The molecular weight excluding hydrogens is 449 g/mol. The number of ether oxygens (including phenoxy) is 1. The molecule has 0 unspecified atom stereocenters. The fourth-order valence-corrected chi connectivity index (χ4v) is 6.76. The van der Waals surface area contributed by atoms with Gasteiger partial charge in [0.2, 0.25) is 10.0 Å². The number of sulfone groups is 1.